The Kier molecular flexibility index (Phi) is 4.56. The Morgan fingerprint density at radius 3 is 2.68 bits per heavy atom. The van der Waals surface area contributed by atoms with Gasteiger partial charge in [-0.3, -0.25) is 4.79 Å². The van der Waals surface area contributed by atoms with Crippen molar-refractivity contribution in [3.05, 3.63) is 29.8 Å². The van der Waals surface area contributed by atoms with Crippen LogP contribution >= 0.6 is 0 Å². The number of amides is 1. The van der Waals surface area contributed by atoms with Crippen LogP contribution in [0.1, 0.15) is 24.8 Å². The molecule has 0 bridgehead atoms. The van der Waals surface area contributed by atoms with E-state index in [0.29, 0.717) is 6.54 Å². The van der Waals surface area contributed by atoms with Crippen LogP contribution in [0.25, 0.3) is 0 Å². The predicted octanol–water partition coefficient (Wildman–Crippen LogP) is 2.09. The molecule has 0 heterocycles. The van der Waals surface area contributed by atoms with E-state index in [2.05, 4.69) is 10.6 Å². The molecule has 0 saturated heterocycles. The van der Waals surface area contributed by atoms with Crippen LogP contribution in [-0.2, 0) is 9.53 Å². The van der Waals surface area contributed by atoms with Gasteiger partial charge in [0.15, 0.2) is 0 Å². The minimum atomic E-state index is -0.0387. The molecule has 4 heteroatoms. The quantitative estimate of drug-likeness (QED) is 0.825. The number of rotatable bonds is 6. The van der Waals surface area contributed by atoms with Gasteiger partial charge in [0.1, 0.15) is 0 Å². The molecule has 1 saturated carbocycles. The van der Waals surface area contributed by atoms with Crippen LogP contribution in [0.3, 0.4) is 0 Å². The number of carbonyl (C=O) groups is 1. The highest BCUT2D eigenvalue weighted by molar-refractivity contribution is 5.92. The number of benzene rings is 1. The van der Waals surface area contributed by atoms with Crippen LogP contribution in [0.5, 0.6) is 0 Å². The molecule has 0 aliphatic heterocycles. The first kappa shape index (κ1) is 14.0. The summed E-state index contributed by atoms with van der Waals surface area (Å²) in [6.07, 6.45) is 3.37. The SMILES string of the molecule is COC1(CNCC(=O)Nc2ccccc2C)CCC1. The number of para-hydroxylation sites is 1. The largest absolute Gasteiger partial charge is 0.377 e. The summed E-state index contributed by atoms with van der Waals surface area (Å²) in [4.78, 5) is 11.8. The fourth-order valence-corrected chi connectivity index (χ4v) is 2.34. The van der Waals surface area contributed by atoms with E-state index >= 15 is 0 Å². The molecule has 1 fully saturated rings. The molecule has 0 atom stereocenters. The number of ether oxygens (including phenoxy) is 1. The summed E-state index contributed by atoms with van der Waals surface area (Å²) in [7, 11) is 1.74. The van der Waals surface area contributed by atoms with E-state index in [9.17, 15) is 4.79 Å². The zero-order valence-electron chi connectivity index (χ0n) is 11.7. The highest BCUT2D eigenvalue weighted by Gasteiger charge is 2.36. The number of hydrogen-bond donors (Lipinski definition) is 2. The molecular formula is C15H22N2O2. The number of nitrogens with one attached hydrogen (secondary N) is 2. The highest BCUT2D eigenvalue weighted by Crippen LogP contribution is 2.34. The fraction of sp³-hybridized carbons (Fsp3) is 0.533. The Labute approximate surface area is 114 Å². The topological polar surface area (TPSA) is 50.4 Å². The smallest absolute Gasteiger partial charge is 0.238 e. The van der Waals surface area contributed by atoms with Crippen molar-refractivity contribution >= 4 is 11.6 Å². The maximum Gasteiger partial charge on any atom is 0.238 e. The summed E-state index contributed by atoms with van der Waals surface area (Å²) in [6, 6.07) is 7.78. The summed E-state index contributed by atoms with van der Waals surface area (Å²) >= 11 is 0. The summed E-state index contributed by atoms with van der Waals surface area (Å²) in [6.45, 7) is 3.04. The van der Waals surface area contributed by atoms with Gasteiger partial charge < -0.3 is 15.4 Å². The van der Waals surface area contributed by atoms with Crippen LogP contribution in [0.2, 0.25) is 0 Å². The Balaban J connectivity index is 1.75. The van der Waals surface area contributed by atoms with E-state index in [-0.39, 0.29) is 11.5 Å². The van der Waals surface area contributed by atoms with Gasteiger partial charge in [0.2, 0.25) is 5.91 Å². The van der Waals surface area contributed by atoms with Gasteiger partial charge in [0, 0.05) is 19.3 Å². The lowest BCUT2D eigenvalue weighted by Crippen LogP contribution is -2.49. The Morgan fingerprint density at radius 2 is 2.11 bits per heavy atom. The summed E-state index contributed by atoms with van der Waals surface area (Å²) < 4.78 is 5.50. The van der Waals surface area contributed by atoms with Crippen LogP contribution in [0, 0.1) is 6.92 Å². The van der Waals surface area contributed by atoms with Gasteiger partial charge in [0.25, 0.3) is 0 Å². The minimum absolute atomic E-state index is 0.0140. The van der Waals surface area contributed by atoms with Crippen molar-refractivity contribution < 1.29 is 9.53 Å². The van der Waals surface area contributed by atoms with Crippen LogP contribution < -0.4 is 10.6 Å². The van der Waals surface area contributed by atoms with Gasteiger partial charge in [-0.05, 0) is 37.8 Å². The molecule has 0 spiro atoms. The molecule has 1 aliphatic rings. The lowest BCUT2D eigenvalue weighted by Gasteiger charge is -2.40. The third kappa shape index (κ3) is 3.55. The molecule has 0 unspecified atom stereocenters. The van der Waals surface area contributed by atoms with Crippen molar-refractivity contribution in [2.24, 2.45) is 0 Å². The molecule has 19 heavy (non-hydrogen) atoms. The lowest BCUT2D eigenvalue weighted by molar-refractivity contribution is -0.116. The fourth-order valence-electron chi connectivity index (χ4n) is 2.34. The zero-order valence-corrected chi connectivity index (χ0v) is 11.7. The number of aryl methyl sites for hydroxylation is 1. The van der Waals surface area contributed by atoms with Crippen molar-refractivity contribution in [1.82, 2.24) is 5.32 Å². The number of hydrogen-bond acceptors (Lipinski definition) is 3. The summed E-state index contributed by atoms with van der Waals surface area (Å²) in [5, 5.41) is 6.09. The molecule has 1 aromatic rings. The van der Waals surface area contributed by atoms with Gasteiger partial charge in [-0.1, -0.05) is 18.2 Å². The van der Waals surface area contributed by atoms with Crippen molar-refractivity contribution in [2.75, 3.05) is 25.5 Å². The second-order valence-electron chi connectivity index (χ2n) is 5.21. The number of methoxy groups -OCH3 is 1. The van der Waals surface area contributed by atoms with E-state index in [1.54, 1.807) is 7.11 Å². The van der Waals surface area contributed by atoms with E-state index < -0.39 is 0 Å². The Morgan fingerprint density at radius 1 is 1.37 bits per heavy atom. The Bertz CT molecular complexity index is 436. The monoisotopic (exact) mass is 262 g/mol. The average Bonchev–Trinajstić information content (AvgIpc) is 2.35. The Hall–Kier alpha value is -1.39. The van der Waals surface area contributed by atoms with E-state index in [0.717, 1.165) is 30.6 Å². The molecule has 104 valence electrons. The number of anilines is 1. The summed E-state index contributed by atoms with van der Waals surface area (Å²) in [5.41, 5.74) is 1.91. The molecule has 4 nitrogen and oxygen atoms in total. The van der Waals surface area contributed by atoms with Gasteiger partial charge in [-0.25, -0.2) is 0 Å². The van der Waals surface area contributed by atoms with E-state index in [4.69, 9.17) is 4.74 Å². The second kappa shape index (κ2) is 6.17. The van der Waals surface area contributed by atoms with E-state index in [1.807, 2.05) is 31.2 Å². The van der Waals surface area contributed by atoms with Crippen molar-refractivity contribution in [1.29, 1.82) is 0 Å². The van der Waals surface area contributed by atoms with Gasteiger partial charge in [0.05, 0.1) is 12.1 Å². The minimum Gasteiger partial charge on any atom is -0.377 e. The molecule has 1 aromatic carbocycles. The van der Waals surface area contributed by atoms with Crippen LogP contribution in [0.15, 0.2) is 24.3 Å². The number of carbonyl (C=O) groups excluding carboxylic acids is 1. The first-order valence-electron chi connectivity index (χ1n) is 6.77. The van der Waals surface area contributed by atoms with Crippen molar-refractivity contribution in [2.45, 2.75) is 31.8 Å². The van der Waals surface area contributed by atoms with E-state index in [1.165, 1.54) is 6.42 Å². The zero-order chi connectivity index (χ0) is 13.7. The normalized spacial score (nSPS) is 16.7. The first-order chi connectivity index (χ1) is 9.15. The maximum absolute atomic E-state index is 11.8. The second-order valence-corrected chi connectivity index (χ2v) is 5.21. The highest BCUT2D eigenvalue weighted by atomic mass is 16.5. The molecule has 0 radical (unpaired) electrons. The third-order valence-corrected chi connectivity index (χ3v) is 3.85. The molecule has 2 N–H and O–H groups in total. The van der Waals surface area contributed by atoms with Gasteiger partial charge >= 0.3 is 0 Å². The maximum atomic E-state index is 11.8. The van der Waals surface area contributed by atoms with Crippen molar-refractivity contribution in [3.8, 4) is 0 Å². The standard InChI is InChI=1S/C15H22N2O2/c1-12-6-3-4-7-13(12)17-14(18)10-16-11-15(19-2)8-5-9-15/h3-4,6-7,16H,5,8-11H2,1-2H3,(H,17,18). The van der Waals surface area contributed by atoms with Crippen LogP contribution in [-0.4, -0.2) is 31.7 Å². The molecule has 0 aromatic heterocycles. The van der Waals surface area contributed by atoms with Gasteiger partial charge in [-0.2, -0.15) is 0 Å². The molecule has 1 amide bonds. The molecular weight excluding hydrogens is 240 g/mol. The summed E-state index contributed by atoms with van der Waals surface area (Å²) in [5.74, 6) is -0.0140. The molecule has 1 aliphatic carbocycles. The third-order valence-electron chi connectivity index (χ3n) is 3.85. The van der Waals surface area contributed by atoms with Gasteiger partial charge in [-0.15, -0.1) is 0 Å². The lowest BCUT2D eigenvalue weighted by atomic mass is 9.80. The van der Waals surface area contributed by atoms with Crippen LogP contribution in [0.4, 0.5) is 5.69 Å². The van der Waals surface area contributed by atoms with Crippen molar-refractivity contribution in [3.63, 3.8) is 0 Å². The first-order valence-corrected chi connectivity index (χ1v) is 6.77. The average molecular weight is 262 g/mol. The predicted molar refractivity (Wildman–Crippen MR) is 76.3 cm³/mol. The molecule has 2 rings (SSSR count).